The number of aryl methyl sites for hydroxylation is 1. The zero-order valence-corrected chi connectivity index (χ0v) is 16.3. The van der Waals surface area contributed by atoms with Crippen LogP contribution in [0.2, 0.25) is 0 Å². The molecule has 4 N–H and O–H groups in total. The van der Waals surface area contributed by atoms with E-state index in [0.29, 0.717) is 11.6 Å². The van der Waals surface area contributed by atoms with Crippen LogP contribution in [0, 0.1) is 6.92 Å². The predicted octanol–water partition coefficient (Wildman–Crippen LogP) is -0.736. The zero-order valence-electron chi connectivity index (χ0n) is 16.3. The molecule has 4 rings (SSSR count). The first-order valence-corrected chi connectivity index (χ1v) is 9.42. The van der Waals surface area contributed by atoms with E-state index in [0.717, 1.165) is 22.6 Å². The van der Waals surface area contributed by atoms with E-state index in [1.807, 2.05) is 12.2 Å². The second-order valence-corrected chi connectivity index (χ2v) is 6.96. The van der Waals surface area contributed by atoms with Gasteiger partial charge < -0.3 is 16.0 Å². The number of rotatable bonds is 7. The van der Waals surface area contributed by atoms with Gasteiger partial charge in [0, 0.05) is 24.2 Å². The summed E-state index contributed by atoms with van der Waals surface area (Å²) in [5.41, 5.74) is 6.26. The Hall–Kier alpha value is -4.01. The Balaban J connectivity index is 1.64. The van der Waals surface area contributed by atoms with E-state index in [2.05, 4.69) is 20.3 Å². The van der Waals surface area contributed by atoms with E-state index in [1.165, 1.54) is 6.20 Å². The molecule has 1 unspecified atom stereocenters. The molecule has 1 aliphatic carbocycles. The molecule has 30 heavy (non-hydrogen) atoms. The molecule has 1 atom stereocenters. The third-order valence-electron chi connectivity index (χ3n) is 5.02. The highest BCUT2D eigenvalue weighted by molar-refractivity contribution is 6.38. The molecule has 0 fully saturated rings. The minimum absolute atomic E-state index is 0.139. The number of imidazole rings is 1. The van der Waals surface area contributed by atoms with E-state index >= 15 is 0 Å². The van der Waals surface area contributed by atoms with Gasteiger partial charge in [-0.05, 0) is 36.3 Å². The number of H-pyrrole nitrogens is 1. The van der Waals surface area contributed by atoms with Crippen molar-refractivity contribution in [1.29, 1.82) is 0 Å². The van der Waals surface area contributed by atoms with Gasteiger partial charge in [-0.15, -0.1) is 0 Å². The zero-order chi connectivity index (χ0) is 21.3. The number of amides is 2. The lowest BCUT2D eigenvalue weighted by molar-refractivity contribution is -0.137. The highest BCUT2D eigenvalue weighted by Gasteiger charge is 2.28. The average molecular weight is 404 g/mol. The number of nitrogens with one attached hydrogen (secondary N) is 2. The number of primary amides is 1. The van der Waals surface area contributed by atoms with Crippen molar-refractivity contribution in [3.63, 3.8) is 0 Å². The van der Waals surface area contributed by atoms with Gasteiger partial charge in [-0.3, -0.25) is 19.0 Å². The quantitative estimate of drug-likeness (QED) is 0.446. The van der Waals surface area contributed by atoms with E-state index in [-0.39, 0.29) is 12.1 Å². The molecule has 9 heteroatoms. The Morgan fingerprint density at radius 2 is 2.10 bits per heavy atom. The van der Waals surface area contributed by atoms with Gasteiger partial charge in [0.05, 0.1) is 6.20 Å². The lowest BCUT2D eigenvalue weighted by Crippen LogP contribution is -2.48. The van der Waals surface area contributed by atoms with E-state index in [9.17, 15) is 14.4 Å². The lowest BCUT2D eigenvalue weighted by Gasteiger charge is -2.16. The molecular weight excluding hydrogens is 384 g/mol. The van der Waals surface area contributed by atoms with Crippen molar-refractivity contribution in [1.82, 2.24) is 24.8 Å². The number of hydrogen-bond donors (Lipinski definition) is 3. The van der Waals surface area contributed by atoms with Crippen molar-refractivity contribution in [2.75, 3.05) is 0 Å². The van der Waals surface area contributed by atoms with Gasteiger partial charge >= 0.3 is 0 Å². The smallest absolute Gasteiger partial charge is 0.287 e. The van der Waals surface area contributed by atoms with E-state index in [1.54, 1.807) is 42.1 Å². The van der Waals surface area contributed by atoms with Gasteiger partial charge in [-0.25, -0.2) is 9.97 Å². The summed E-state index contributed by atoms with van der Waals surface area (Å²) < 4.78 is 1.58. The number of carbonyl (C=O) groups excluding carboxylic acids is 3. The van der Waals surface area contributed by atoms with Crippen molar-refractivity contribution >= 4 is 29.7 Å². The molecule has 9 nitrogen and oxygen atoms in total. The molecule has 3 aromatic heterocycles. The maximum absolute atomic E-state index is 13.0. The van der Waals surface area contributed by atoms with Crippen LogP contribution in [0.5, 0.6) is 0 Å². The third-order valence-corrected chi connectivity index (χ3v) is 5.02. The van der Waals surface area contributed by atoms with Crippen molar-refractivity contribution in [2.45, 2.75) is 25.8 Å². The van der Waals surface area contributed by atoms with Gasteiger partial charge in [0.2, 0.25) is 5.78 Å². The molecule has 0 radical (unpaired) electrons. The lowest BCUT2D eigenvalue weighted by atomic mass is 10.0. The first kappa shape index (κ1) is 19.3. The predicted molar refractivity (Wildman–Crippen MR) is 109 cm³/mol. The van der Waals surface area contributed by atoms with Crippen molar-refractivity contribution < 1.29 is 14.4 Å². The summed E-state index contributed by atoms with van der Waals surface area (Å²) >= 11 is 0. The average Bonchev–Trinajstić information content (AvgIpc) is 3.44. The Morgan fingerprint density at radius 1 is 1.27 bits per heavy atom. The van der Waals surface area contributed by atoms with Crippen LogP contribution in [0.25, 0.3) is 18.0 Å². The van der Waals surface area contributed by atoms with Gasteiger partial charge in [0.1, 0.15) is 23.4 Å². The molecule has 0 saturated heterocycles. The number of aromatic amines is 1. The van der Waals surface area contributed by atoms with Crippen LogP contribution in [0.15, 0.2) is 36.8 Å². The van der Waals surface area contributed by atoms with Gasteiger partial charge in [0.15, 0.2) is 0 Å². The van der Waals surface area contributed by atoms with Gasteiger partial charge in [-0.2, -0.15) is 0 Å². The van der Waals surface area contributed by atoms with Crippen LogP contribution in [0.4, 0.5) is 0 Å². The number of Topliss-reactive ketones (excluding diaryl/α,β-unsaturated/α-hetero) is 1. The van der Waals surface area contributed by atoms with Crippen LogP contribution in [-0.4, -0.2) is 43.2 Å². The van der Waals surface area contributed by atoms with E-state index < -0.39 is 23.6 Å². The SMILES string of the molecule is Cc1ncc(C(=O)NC(Cc2c[nH]c3c2=CCC=3)C(=O)C(N)=O)n1-c1ccccn1. The number of aromatic nitrogens is 4. The molecule has 0 spiro atoms. The maximum Gasteiger partial charge on any atom is 0.287 e. The van der Waals surface area contributed by atoms with Gasteiger partial charge in [0.25, 0.3) is 11.8 Å². The summed E-state index contributed by atoms with van der Waals surface area (Å²) in [6.07, 6.45) is 9.76. The Bertz CT molecular complexity index is 1260. The molecule has 3 heterocycles. The van der Waals surface area contributed by atoms with Crippen molar-refractivity contribution in [3.8, 4) is 5.82 Å². The Morgan fingerprint density at radius 3 is 2.83 bits per heavy atom. The largest absolute Gasteiger partial charge is 0.363 e. The number of nitrogens with two attached hydrogens (primary N) is 1. The fraction of sp³-hybridized carbons (Fsp3) is 0.190. The second kappa shape index (κ2) is 7.78. The van der Waals surface area contributed by atoms with Crippen molar-refractivity contribution in [3.05, 3.63) is 64.4 Å². The maximum atomic E-state index is 13.0. The minimum atomic E-state index is -1.10. The fourth-order valence-corrected chi connectivity index (χ4v) is 3.58. The first-order valence-electron chi connectivity index (χ1n) is 9.42. The molecule has 152 valence electrons. The number of carbonyl (C=O) groups is 3. The number of ketones is 1. The summed E-state index contributed by atoms with van der Waals surface area (Å²) in [5, 5.41) is 4.59. The highest BCUT2D eigenvalue weighted by atomic mass is 16.2. The second-order valence-electron chi connectivity index (χ2n) is 6.96. The highest BCUT2D eigenvalue weighted by Crippen LogP contribution is 2.13. The summed E-state index contributed by atoms with van der Waals surface area (Å²) in [5.74, 6) is -1.43. The molecule has 0 aromatic carbocycles. The monoisotopic (exact) mass is 404 g/mol. The summed E-state index contributed by atoms with van der Waals surface area (Å²) in [6.45, 7) is 1.74. The standard InChI is InChI=1S/C21H20N6O3/c1-12-24-11-17(27(12)18-7-2-3-8-23-18)21(30)26-16(19(28)20(22)29)9-13-10-25-15-6-4-5-14(13)15/h2-3,5-8,10-11,16,25H,4,9H2,1H3,(H2,22,29)(H,26,30). The molecule has 0 bridgehead atoms. The Labute approximate surface area is 171 Å². The van der Waals surface area contributed by atoms with Crippen molar-refractivity contribution in [2.24, 2.45) is 5.73 Å². The molecule has 0 aliphatic heterocycles. The van der Waals surface area contributed by atoms with Crippen LogP contribution in [0.1, 0.15) is 28.3 Å². The van der Waals surface area contributed by atoms with Crippen LogP contribution < -0.4 is 21.6 Å². The molecule has 0 saturated carbocycles. The number of hydrogen-bond acceptors (Lipinski definition) is 5. The van der Waals surface area contributed by atoms with Gasteiger partial charge in [-0.1, -0.05) is 18.2 Å². The minimum Gasteiger partial charge on any atom is -0.363 e. The van der Waals surface area contributed by atoms with Crippen LogP contribution >= 0.6 is 0 Å². The topological polar surface area (TPSA) is 136 Å². The number of fused-ring (bicyclic) bond motifs is 1. The van der Waals surface area contributed by atoms with E-state index in [4.69, 9.17) is 5.73 Å². The Kier molecular flexibility index (Phi) is 5.01. The molecular formula is C21H20N6O3. The molecule has 3 aromatic rings. The summed E-state index contributed by atoms with van der Waals surface area (Å²) in [4.78, 5) is 48.6. The van der Waals surface area contributed by atoms with Crippen LogP contribution in [-0.2, 0) is 16.0 Å². The number of pyridine rings is 1. The van der Waals surface area contributed by atoms with Crippen LogP contribution in [0.3, 0.4) is 0 Å². The molecule has 2 amide bonds. The summed E-state index contributed by atoms with van der Waals surface area (Å²) in [6, 6.07) is 4.20. The normalized spacial score (nSPS) is 13.1. The fourth-order valence-electron chi connectivity index (χ4n) is 3.58. The summed E-state index contributed by atoms with van der Waals surface area (Å²) in [7, 11) is 0. The first-order chi connectivity index (χ1) is 14.5. The number of nitrogens with zero attached hydrogens (tertiary/aromatic N) is 3. The molecule has 1 aliphatic rings. The third kappa shape index (κ3) is 3.52.